The van der Waals surface area contributed by atoms with Crippen molar-refractivity contribution in [1.29, 1.82) is 0 Å². The Kier molecular flexibility index (Phi) is 6.66. The van der Waals surface area contributed by atoms with Gasteiger partial charge < -0.3 is 19.7 Å². The van der Waals surface area contributed by atoms with E-state index in [1.54, 1.807) is 4.90 Å². The van der Waals surface area contributed by atoms with Crippen LogP contribution in [0.4, 0.5) is 0 Å². The van der Waals surface area contributed by atoms with Crippen molar-refractivity contribution in [3.8, 4) is 5.75 Å². The fourth-order valence-electron chi connectivity index (χ4n) is 6.17. The minimum atomic E-state index is -0.436. The van der Waals surface area contributed by atoms with Gasteiger partial charge >= 0.3 is 0 Å². The minimum Gasteiger partial charge on any atom is -0.489 e. The molecular weight excluding hydrogens is 442 g/mol. The molecule has 0 spiro atoms. The van der Waals surface area contributed by atoms with Gasteiger partial charge in [0.2, 0.25) is 5.91 Å². The van der Waals surface area contributed by atoms with Crippen LogP contribution in [-0.2, 0) is 16.1 Å². The van der Waals surface area contributed by atoms with E-state index >= 15 is 0 Å². The van der Waals surface area contributed by atoms with Gasteiger partial charge in [0.15, 0.2) is 0 Å². The summed E-state index contributed by atoms with van der Waals surface area (Å²) < 4.78 is 12.7. The first-order valence-electron chi connectivity index (χ1n) is 13.2. The predicted molar refractivity (Wildman–Crippen MR) is 134 cm³/mol. The van der Waals surface area contributed by atoms with E-state index < -0.39 is 6.04 Å². The number of likely N-dealkylation sites (tertiary alicyclic amines) is 1. The number of amides is 2. The molecule has 2 saturated heterocycles. The number of fused-ring (bicyclic) bond motifs is 1. The molecule has 3 atom stereocenters. The molecule has 1 aromatic carbocycles. The summed E-state index contributed by atoms with van der Waals surface area (Å²) in [5.41, 5.74) is 2.26. The maximum atomic E-state index is 13.0. The topological polar surface area (TPSA) is 71.1 Å². The van der Waals surface area contributed by atoms with E-state index in [4.69, 9.17) is 9.47 Å². The summed E-state index contributed by atoms with van der Waals surface area (Å²) in [6.45, 7) is 12.8. The Labute approximate surface area is 208 Å². The molecule has 0 bridgehead atoms. The summed E-state index contributed by atoms with van der Waals surface area (Å²) >= 11 is 0. The molecule has 7 nitrogen and oxygen atoms in total. The summed E-state index contributed by atoms with van der Waals surface area (Å²) in [5, 5.41) is 2.80. The summed E-state index contributed by atoms with van der Waals surface area (Å²) in [6, 6.07) is 5.78. The van der Waals surface area contributed by atoms with Crippen molar-refractivity contribution in [3.05, 3.63) is 41.6 Å². The van der Waals surface area contributed by atoms with Gasteiger partial charge in [-0.15, -0.1) is 0 Å². The molecule has 1 saturated carbocycles. The van der Waals surface area contributed by atoms with Crippen LogP contribution in [0.2, 0.25) is 0 Å². The Bertz CT molecular complexity index is 992. The van der Waals surface area contributed by atoms with Crippen molar-refractivity contribution < 1.29 is 19.1 Å². The molecule has 2 amide bonds. The summed E-state index contributed by atoms with van der Waals surface area (Å²) in [6.07, 6.45) is 7.35. The maximum Gasteiger partial charge on any atom is 0.255 e. The van der Waals surface area contributed by atoms with E-state index in [1.807, 2.05) is 18.2 Å². The zero-order valence-electron chi connectivity index (χ0n) is 21.3. The van der Waals surface area contributed by atoms with E-state index in [0.29, 0.717) is 37.1 Å². The average Bonchev–Trinajstić information content (AvgIpc) is 3.38. The molecule has 3 aliphatic heterocycles. The van der Waals surface area contributed by atoms with Crippen LogP contribution in [0.3, 0.4) is 0 Å². The van der Waals surface area contributed by atoms with Gasteiger partial charge in [-0.25, -0.2) is 0 Å². The lowest BCUT2D eigenvalue weighted by atomic mass is 10.0. The molecule has 1 aromatic rings. The second-order valence-electron chi connectivity index (χ2n) is 11.5. The lowest BCUT2D eigenvalue weighted by Crippen LogP contribution is -2.49. The average molecular weight is 482 g/mol. The normalized spacial score (nSPS) is 28.4. The number of piperidine rings is 2. The third kappa shape index (κ3) is 5.26. The van der Waals surface area contributed by atoms with Gasteiger partial charge in [0.25, 0.3) is 5.91 Å². The minimum absolute atomic E-state index is 0.0710. The zero-order valence-corrected chi connectivity index (χ0v) is 21.3. The molecule has 5 rings (SSSR count). The van der Waals surface area contributed by atoms with Crippen LogP contribution in [-0.4, -0.2) is 64.6 Å². The highest BCUT2D eigenvalue weighted by molar-refractivity contribution is 6.01. The van der Waals surface area contributed by atoms with Gasteiger partial charge in [-0.2, -0.15) is 0 Å². The third-order valence-corrected chi connectivity index (χ3v) is 7.78. The van der Waals surface area contributed by atoms with Crippen LogP contribution in [0, 0.1) is 0 Å². The van der Waals surface area contributed by atoms with Gasteiger partial charge in [0.1, 0.15) is 17.9 Å². The quantitative estimate of drug-likeness (QED) is 0.688. The largest absolute Gasteiger partial charge is 0.489 e. The zero-order chi connectivity index (χ0) is 24.7. The molecule has 4 aliphatic rings. The van der Waals surface area contributed by atoms with Crippen molar-refractivity contribution in [2.24, 2.45) is 0 Å². The van der Waals surface area contributed by atoms with E-state index in [-0.39, 0.29) is 23.5 Å². The molecule has 0 radical (unpaired) electrons. The Morgan fingerprint density at radius 3 is 2.54 bits per heavy atom. The summed E-state index contributed by atoms with van der Waals surface area (Å²) in [5.74, 6) is 0.616. The van der Waals surface area contributed by atoms with Gasteiger partial charge in [-0.05, 0) is 89.5 Å². The fourth-order valence-corrected chi connectivity index (χ4v) is 6.17. The number of rotatable bonds is 5. The Morgan fingerprint density at radius 2 is 1.83 bits per heavy atom. The van der Waals surface area contributed by atoms with Crippen molar-refractivity contribution in [3.63, 3.8) is 0 Å². The van der Waals surface area contributed by atoms with Gasteiger partial charge in [0, 0.05) is 36.9 Å². The highest BCUT2D eigenvalue weighted by Crippen LogP contribution is 2.34. The van der Waals surface area contributed by atoms with Crippen LogP contribution >= 0.6 is 0 Å². The molecule has 3 fully saturated rings. The second-order valence-corrected chi connectivity index (χ2v) is 11.5. The van der Waals surface area contributed by atoms with E-state index in [0.717, 1.165) is 55.8 Å². The van der Waals surface area contributed by atoms with Crippen LogP contribution in [0.25, 0.3) is 0 Å². The lowest BCUT2D eigenvalue weighted by molar-refractivity contribution is -0.126. The van der Waals surface area contributed by atoms with Gasteiger partial charge in [-0.1, -0.05) is 6.58 Å². The van der Waals surface area contributed by atoms with Crippen molar-refractivity contribution in [2.45, 2.75) is 102 Å². The second kappa shape index (κ2) is 9.58. The first-order chi connectivity index (χ1) is 16.7. The number of hydrogen-bond donors (Lipinski definition) is 1. The predicted octanol–water partition coefficient (Wildman–Crippen LogP) is 4.01. The molecule has 1 aliphatic carbocycles. The number of carbonyl (C=O) groups excluding carboxylic acids is 2. The number of nitrogens with zero attached hydrogens (tertiary/aromatic N) is 2. The molecule has 190 valence electrons. The molecule has 1 N–H and O–H groups in total. The number of ether oxygens (including phenoxy) is 2. The fraction of sp³-hybridized carbons (Fsp3) is 0.643. The van der Waals surface area contributed by atoms with Crippen LogP contribution < -0.4 is 10.1 Å². The highest BCUT2D eigenvalue weighted by atomic mass is 16.5. The third-order valence-electron chi connectivity index (χ3n) is 7.78. The molecule has 35 heavy (non-hydrogen) atoms. The molecule has 1 unspecified atom stereocenters. The monoisotopic (exact) mass is 481 g/mol. The first-order valence-corrected chi connectivity index (χ1v) is 13.2. The number of benzene rings is 1. The smallest absolute Gasteiger partial charge is 0.255 e. The number of carbonyl (C=O) groups is 2. The molecular formula is C28H39N3O4. The van der Waals surface area contributed by atoms with E-state index in [9.17, 15) is 9.59 Å². The molecule has 0 aromatic heterocycles. The van der Waals surface area contributed by atoms with Gasteiger partial charge in [0.05, 0.1) is 11.7 Å². The van der Waals surface area contributed by atoms with Crippen LogP contribution in [0.1, 0.15) is 81.6 Å². The first kappa shape index (κ1) is 24.3. The van der Waals surface area contributed by atoms with Crippen molar-refractivity contribution in [1.82, 2.24) is 15.1 Å². The summed E-state index contributed by atoms with van der Waals surface area (Å²) in [7, 11) is 0. The van der Waals surface area contributed by atoms with Gasteiger partial charge in [-0.3, -0.25) is 14.5 Å². The van der Waals surface area contributed by atoms with E-state index in [1.165, 1.54) is 6.42 Å². The Balaban J connectivity index is 1.21. The number of hydrogen-bond acceptors (Lipinski definition) is 5. The van der Waals surface area contributed by atoms with Crippen molar-refractivity contribution >= 4 is 11.8 Å². The molecule has 7 heteroatoms. The Hall–Kier alpha value is -2.38. The van der Waals surface area contributed by atoms with Crippen molar-refractivity contribution in [2.75, 3.05) is 13.1 Å². The summed E-state index contributed by atoms with van der Waals surface area (Å²) in [4.78, 5) is 29.8. The lowest BCUT2D eigenvalue weighted by Gasteiger charge is -2.40. The number of nitrogens with one attached hydrogen (secondary N) is 1. The SMILES string of the molecule is C=C1CCC(N2Cc3cc(O[C@H]4CCC[C@@H]4N4CCC(OC(C)(C)C)CC4)ccc3C2=O)C(=O)N1. The van der Waals surface area contributed by atoms with Crippen LogP contribution in [0.15, 0.2) is 30.5 Å². The molecule has 3 heterocycles. The van der Waals surface area contributed by atoms with Crippen LogP contribution in [0.5, 0.6) is 5.75 Å². The van der Waals surface area contributed by atoms with E-state index in [2.05, 4.69) is 37.6 Å². The standard InChI is InChI=1S/C28H39N3O4/c1-18-8-11-24(26(32)29-18)31-17-19-16-21(9-10-22(19)27(31)33)34-25-7-5-6-23(25)30-14-12-20(13-15-30)35-28(2,3)4/h9-10,16,20,23-25H,1,5-8,11-15,17H2,2-4H3,(H,29,32)/t23-,24?,25-/m0/s1. The highest BCUT2D eigenvalue weighted by Gasteiger charge is 2.39. The number of allylic oxidation sites excluding steroid dienone is 1. The maximum absolute atomic E-state index is 13.0. The Morgan fingerprint density at radius 1 is 1.06 bits per heavy atom.